The first-order valence-corrected chi connectivity index (χ1v) is 8.30. The summed E-state index contributed by atoms with van der Waals surface area (Å²) in [7, 11) is -0.669. The molecule has 1 atom stereocenters. The van der Waals surface area contributed by atoms with Crippen LogP contribution in [0.15, 0.2) is 52.8 Å². The van der Waals surface area contributed by atoms with Crippen molar-refractivity contribution in [3.05, 3.63) is 58.4 Å². The van der Waals surface area contributed by atoms with Crippen LogP contribution in [0.25, 0.3) is 0 Å². The van der Waals surface area contributed by atoms with Crippen LogP contribution in [0, 0.1) is 5.41 Å². The summed E-state index contributed by atoms with van der Waals surface area (Å²) in [6.07, 6.45) is 1.83. The Bertz CT molecular complexity index is 605. The van der Waals surface area contributed by atoms with Gasteiger partial charge in [0.25, 0.3) is 0 Å². The first-order chi connectivity index (χ1) is 9.94. The minimum atomic E-state index is -0.674. The monoisotopic (exact) mass is 305 g/mol. The molecule has 0 saturated carbocycles. The fourth-order valence-corrected chi connectivity index (χ4v) is 4.36. The number of carbonyl (C=O) groups excluding carboxylic acids is 2. The average molecular weight is 305 g/mol. The molecule has 1 aliphatic rings. The Kier molecular flexibility index (Phi) is 4.65. The van der Waals surface area contributed by atoms with Crippen molar-refractivity contribution in [1.82, 2.24) is 5.48 Å². The molecule has 1 unspecified atom stereocenters. The molecule has 1 aromatic rings. The van der Waals surface area contributed by atoms with Gasteiger partial charge in [-0.15, -0.1) is 0 Å². The van der Waals surface area contributed by atoms with E-state index >= 15 is 0 Å². The summed E-state index contributed by atoms with van der Waals surface area (Å²) >= 11 is 0. The smallest absolute Gasteiger partial charge is 0.249 e. The molecule has 21 heavy (non-hydrogen) atoms. The molecular weight excluding hydrogens is 286 g/mol. The number of ketones is 1. The van der Waals surface area contributed by atoms with Gasteiger partial charge in [-0.2, -0.15) is 0 Å². The Labute approximate surface area is 126 Å². The lowest BCUT2D eigenvalue weighted by Crippen LogP contribution is -2.37. The molecule has 1 aromatic carbocycles. The molecule has 1 heterocycles. The van der Waals surface area contributed by atoms with Gasteiger partial charge in [-0.05, 0) is 22.6 Å². The molecule has 0 fully saturated rings. The molecule has 0 radical (unpaired) electrons. The maximum Gasteiger partial charge on any atom is 0.249 e. The Morgan fingerprint density at radius 1 is 1.24 bits per heavy atom. The number of thiol groups is 1. The first kappa shape index (κ1) is 15.5. The van der Waals surface area contributed by atoms with Gasteiger partial charge in [0, 0.05) is 11.1 Å². The Morgan fingerprint density at radius 2 is 1.90 bits per heavy atom. The zero-order chi connectivity index (χ0) is 15.5. The van der Waals surface area contributed by atoms with Crippen molar-refractivity contribution >= 4 is 22.6 Å². The Hall–Kier alpha value is -1.85. The van der Waals surface area contributed by atoms with Gasteiger partial charge in [0.15, 0.2) is 5.78 Å². The van der Waals surface area contributed by atoms with Gasteiger partial charge in [0.05, 0.1) is 5.41 Å². The maximum atomic E-state index is 12.3. The highest BCUT2D eigenvalue weighted by Gasteiger charge is 2.29. The number of hydrogen-bond acceptors (Lipinski definition) is 3. The van der Waals surface area contributed by atoms with Gasteiger partial charge in [-0.3, -0.25) is 14.8 Å². The second kappa shape index (κ2) is 6.28. The summed E-state index contributed by atoms with van der Waals surface area (Å²) in [5, 5.41) is 12.7. The SMILES string of the molecule is CC(C)(C[SH]1C=CC(C(=O)c2ccccc2)=C1)C(=O)NO. The molecule has 2 N–H and O–H groups in total. The quantitative estimate of drug-likeness (QED) is 0.339. The van der Waals surface area contributed by atoms with E-state index < -0.39 is 22.2 Å². The molecule has 0 saturated heterocycles. The summed E-state index contributed by atoms with van der Waals surface area (Å²) in [6.45, 7) is 3.55. The molecule has 112 valence electrons. The second-order valence-electron chi connectivity index (χ2n) is 5.59. The average Bonchev–Trinajstić information content (AvgIpc) is 2.94. The normalized spacial score (nSPS) is 19.2. The standard InChI is InChI=1S/C16H19NO3S/c1-16(2,15(19)17-20)11-21-9-8-13(10-21)14(18)12-6-4-3-5-7-12/h3-10,20-21H,11H2,1-2H3,(H,17,19). The molecule has 2 rings (SSSR count). The van der Waals surface area contributed by atoms with Crippen LogP contribution in [-0.2, 0) is 4.79 Å². The third-order valence-electron chi connectivity index (χ3n) is 3.34. The summed E-state index contributed by atoms with van der Waals surface area (Å²) in [4.78, 5) is 23.9. The van der Waals surface area contributed by atoms with Crippen molar-refractivity contribution in [1.29, 1.82) is 0 Å². The van der Waals surface area contributed by atoms with Crippen LogP contribution < -0.4 is 5.48 Å². The number of Topliss-reactive ketones (excluding diaryl/α,β-unsaturated/α-hetero) is 1. The summed E-state index contributed by atoms with van der Waals surface area (Å²) in [6, 6.07) is 9.13. The summed E-state index contributed by atoms with van der Waals surface area (Å²) < 4.78 is 0. The van der Waals surface area contributed by atoms with Crippen LogP contribution in [0.3, 0.4) is 0 Å². The molecule has 0 aromatic heterocycles. The van der Waals surface area contributed by atoms with E-state index in [1.807, 2.05) is 35.1 Å². The van der Waals surface area contributed by atoms with Crippen molar-refractivity contribution in [2.24, 2.45) is 5.41 Å². The van der Waals surface area contributed by atoms with Crippen LogP contribution >= 0.6 is 10.9 Å². The van der Waals surface area contributed by atoms with E-state index in [4.69, 9.17) is 5.21 Å². The number of amides is 1. The highest BCUT2D eigenvalue weighted by Crippen LogP contribution is 2.42. The molecule has 1 aliphatic heterocycles. The molecule has 4 nitrogen and oxygen atoms in total. The Morgan fingerprint density at radius 3 is 2.52 bits per heavy atom. The van der Waals surface area contributed by atoms with E-state index in [1.54, 1.807) is 31.5 Å². The lowest BCUT2D eigenvalue weighted by Gasteiger charge is -2.25. The Balaban J connectivity index is 2.09. The number of rotatable bonds is 5. The fraction of sp³-hybridized carbons (Fsp3) is 0.250. The third-order valence-corrected chi connectivity index (χ3v) is 5.64. The minimum Gasteiger partial charge on any atom is -0.289 e. The number of allylic oxidation sites excluding steroid dienone is 2. The number of nitrogens with one attached hydrogen (secondary N) is 1. The van der Waals surface area contributed by atoms with E-state index in [9.17, 15) is 9.59 Å². The van der Waals surface area contributed by atoms with Crippen molar-refractivity contribution < 1.29 is 14.8 Å². The largest absolute Gasteiger partial charge is 0.289 e. The predicted molar refractivity (Wildman–Crippen MR) is 85.6 cm³/mol. The number of hydroxylamine groups is 1. The molecular formula is C16H19NO3S. The third kappa shape index (κ3) is 3.62. The second-order valence-corrected chi connectivity index (χ2v) is 7.49. The molecule has 1 amide bonds. The van der Waals surface area contributed by atoms with Crippen LogP contribution in [0.5, 0.6) is 0 Å². The van der Waals surface area contributed by atoms with Crippen LogP contribution in [0.1, 0.15) is 24.2 Å². The van der Waals surface area contributed by atoms with E-state index in [0.717, 1.165) is 0 Å². The molecule has 0 spiro atoms. The van der Waals surface area contributed by atoms with Crippen molar-refractivity contribution in [3.63, 3.8) is 0 Å². The molecule has 0 aliphatic carbocycles. The maximum absolute atomic E-state index is 12.3. The topological polar surface area (TPSA) is 66.4 Å². The summed E-state index contributed by atoms with van der Waals surface area (Å²) in [5.74, 6) is 0.187. The van der Waals surface area contributed by atoms with E-state index in [1.165, 1.54) is 0 Å². The van der Waals surface area contributed by atoms with Gasteiger partial charge in [0.2, 0.25) is 5.91 Å². The van der Waals surface area contributed by atoms with Crippen molar-refractivity contribution in [2.45, 2.75) is 13.8 Å². The lowest BCUT2D eigenvalue weighted by atomic mass is 9.96. The van der Waals surface area contributed by atoms with Crippen LogP contribution in [0.2, 0.25) is 0 Å². The highest BCUT2D eigenvalue weighted by molar-refractivity contribution is 8.22. The zero-order valence-electron chi connectivity index (χ0n) is 12.0. The van der Waals surface area contributed by atoms with Crippen LogP contribution in [-0.4, -0.2) is 22.7 Å². The minimum absolute atomic E-state index is 0.00117. The highest BCUT2D eigenvalue weighted by atomic mass is 32.2. The summed E-state index contributed by atoms with van der Waals surface area (Å²) in [5.41, 5.74) is 2.36. The first-order valence-electron chi connectivity index (χ1n) is 6.64. The number of hydrogen-bond donors (Lipinski definition) is 3. The number of carbonyl (C=O) groups is 2. The number of benzene rings is 1. The van der Waals surface area contributed by atoms with Gasteiger partial charge in [-0.1, -0.05) is 44.2 Å². The van der Waals surface area contributed by atoms with E-state index in [-0.39, 0.29) is 5.78 Å². The van der Waals surface area contributed by atoms with Gasteiger partial charge >= 0.3 is 0 Å². The van der Waals surface area contributed by atoms with E-state index in [0.29, 0.717) is 16.9 Å². The van der Waals surface area contributed by atoms with Crippen molar-refractivity contribution in [2.75, 3.05) is 5.75 Å². The zero-order valence-corrected chi connectivity index (χ0v) is 12.9. The van der Waals surface area contributed by atoms with Gasteiger partial charge in [-0.25, -0.2) is 16.4 Å². The molecule has 5 heteroatoms. The predicted octanol–water partition coefficient (Wildman–Crippen LogP) is 2.81. The fourth-order valence-electron chi connectivity index (χ4n) is 2.11. The van der Waals surface area contributed by atoms with Gasteiger partial charge < -0.3 is 0 Å². The van der Waals surface area contributed by atoms with Crippen LogP contribution in [0.4, 0.5) is 0 Å². The molecule has 0 bridgehead atoms. The van der Waals surface area contributed by atoms with Gasteiger partial charge in [0.1, 0.15) is 0 Å². The lowest BCUT2D eigenvalue weighted by molar-refractivity contribution is -0.136. The van der Waals surface area contributed by atoms with E-state index in [2.05, 4.69) is 0 Å². The van der Waals surface area contributed by atoms with Crippen molar-refractivity contribution in [3.8, 4) is 0 Å².